The smallest absolute Gasteiger partial charge is 0.253 e. The Hall–Kier alpha value is -2.87. The average molecular weight is 382 g/mol. The number of rotatable bonds is 5. The largest absolute Gasteiger partial charge is 0.347 e. The van der Waals surface area contributed by atoms with Crippen LogP contribution in [0.1, 0.15) is 26.6 Å². The van der Waals surface area contributed by atoms with Crippen LogP contribution in [0.5, 0.6) is 0 Å². The minimum atomic E-state index is -0.0396. The second-order valence-corrected chi connectivity index (χ2v) is 7.45. The van der Waals surface area contributed by atoms with E-state index >= 15 is 0 Å². The highest BCUT2D eigenvalue weighted by molar-refractivity contribution is 7.05. The summed E-state index contributed by atoms with van der Waals surface area (Å²) < 4.78 is 3.92. The maximum Gasteiger partial charge on any atom is 0.253 e. The third-order valence-electron chi connectivity index (χ3n) is 4.14. The fourth-order valence-electron chi connectivity index (χ4n) is 2.59. The average Bonchev–Trinajstić information content (AvgIpc) is 3.05. The molecule has 0 saturated heterocycles. The van der Waals surface area contributed by atoms with Crippen LogP contribution in [0.4, 0.5) is 5.95 Å². The third-order valence-corrected chi connectivity index (χ3v) is 4.95. The normalized spacial score (nSPS) is 10.7. The molecule has 0 atom stereocenters. The van der Waals surface area contributed by atoms with Gasteiger partial charge in [-0.3, -0.25) is 4.79 Å². The van der Waals surface area contributed by atoms with Crippen molar-refractivity contribution in [1.29, 1.82) is 0 Å². The fourth-order valence-corrected chi connectivity index (χ4v) is 3.27. The number of hydrogen-bond donors (Lipinski definition) is 0. The van der Waals surface area contributed by atoms with Crippen molar-refractivity contribution in [3.8, 4) is 11.3 Å². The molecule has 0 radical (unpaired) electrons. The molecule has 2 heterocycles. The summed E-state index contributed by atoms with van der Waals surface area (Å²) in [6.45, 7) is 4.35. The van der Waals surface area contributed by atoms with Crippen molar-refractivity contribution in [3.63, 3.8) is 0 Å². The summed E-state index contributed by atoms with van der Waals surface area (Å²) in [5, 5.41) is 3.99. The summed E-state index contributed by atoms with van der Waals surface area (Å²) in [7, 11) is 5.61. The molecule has 0 spiro atoms. The van der Waals surface area contributed by atoms with Crippen molar-refractivity contribution < 1.29 is 4.79 Å². The van der Waals surface area contributed by atoms with Gasteiger partial charge in [0.05, 0.1) is 22.8 Å². The molecule has 140 valence electrons. The van der Waals surface area contributed by atoms with E-state index in [0.29, 0.717) is 18.1 Å². The van der Waals surface area contributed by atoms with E-state index in [0.717, 1.165) is 27.5 Å². The molecule has 7 nitrogen and oxygen atoms in total. The minimum Gasteiger partial charge on any atom is -0.347 e. The summed E-state index contributed by atoms with van der Waals surface area (Å²) >= 11 is 1.32. The maximum absolute atomic E-state index is 12.7. The second kappa shape index (κ2) is 7.79. The highest BCUT2D eigenvalue weighted by Crippen LogP contribution is 2.21. The molecule has 27 heavy (non-hydrogen) atoms. The standard InChI is InChI=1S/C19H22N6OS/c1-12-10-16(21-19(20-12)24(3)4)14-6-8-15(9-7-14)18(26)25(5)11-17-13(2)22-23-27-17/h6-10H,11H2,1-5H3. The van der Waals surface area contributed by atoms with Crippen molar-refractivity contribution >= 4 is 23.4 Å². The highest BCUT2D eigenvalue weighted by atomic mass is 32.1. The van der Waals surface area contributed by atoms with Gasteiger partial charge in [-0.05, 0) is 43.6 Å². The van der Waals surface area contributed by atoms with Gasteiger partial charge >= 0.3 is 0 Å². The Labute approximate surface area is 162 Å². The summed E-state index contributed by atoms with van der Waals surface area (Å²) in [6.07, 6.45) is 0. The van der Waals surface area contributed by atoms with Crippen molar-refractivity contribution in [2.45, 2.75) is 20.4 Å². The first kappa shape index (κ1) is 18.9. The van der Waals surface area contributed by atoms with Crippen molar-refractivity contribution in [3.05, 3.63) is 52.2 Å². The van der Waals surface area contributed by atoms with Gasteiger partial charge in [-0.15, -0.1) is 5.10 Å². The van der Waals surface area contributed by atoms with Crippen LogP contribution >= 0.6 is 11.5 Å². The molecule has 0 bridgehead atoms. The van der Waals surface area contributed by atoms with Gasteiger partial charge in [-0.2, -0.15) is 0 Å². The molecule has 2 aromatic heterocycles. The number of aromatic nitrogens is 4. The zero-order chi connectivity index (χ0) is 19.6. The SMILES string of the molecule is Cc1cc(-c2ccc(C(=O)N(C)Cc3snnc3C)cc2)nc(N(C)C)n1. The quantitative estimate of drug-likeness (QED) is 0.675. The molecule has 1 aromatic carbocycles. The molecule has 3 rings (SSSR count). The third kappa shape index (κ3) is 4.28. The van der Waals surface area contributed by atoms with Crippen LogP contribution < -0.4 is 4.90 Å². The Morgan fingerprint density at radius 3 is 2.37 bits per heavy atom. The van der Waals surface area contributed by atoms with Gasteiger partial charge < -0.3 is 9.80 Å². The van der Waals surface area contributed by atoms with Crippen LogP contribution in [-0.2, 0) is 6.54 Å². The van der Waals surface area contributed by atoms with E-state index in [1.165, 1.54) is 11.5 Å². The van der Waals surface area contributed by atoms with Gasteiger partial charge in [0.25, 0.3) is 5.91 Å². The monoisotopic (exact) mass is 382 g/mol. The summed E-state index contributed by atoms with van der Waals surface area (Å²) in [6, 6.07) is 9.44. The van der Waals surface area contributed by atoms with Crippen molar-refractivity contribution in [2.24, 2.45) is 0 Å². The minimum absolute atomic E-state index is 0.0396. The number of amides is 1. The number of anilines is 1. The van der Waals surface area contributed by atoms with Crippen molar-refractivity contribution in [2.75, 3.05) is 26.0 Å². The van der Waals surface area contributed by atoms with E-state index in [1.807, 2.05) is 63.2 Å². The first-order valence-electron chi connectivity index (χ1n) is 8.52. The van der Waals surface area contributed by atoms with Gasteiger partial charge in [0, 0.05) is 38.0 Å². The Bertz CT molecular complexity index is 951. The fraction of sp³-hybridized carbons (Fsp3) is 0.316. The molecular weight excluding hydrogens is 360 g/mol. The zero-order valence-electron chi connectivity index (χ0n) is 16.1. The number of carbonyl (C=O) groups is 1. The Kier molecular flexibility index (Phi) is 5.46. The van der Waals surface area contributed by atoms with Crippen LogP contribution in [0, 0.1) is 13.8 Å². The second-order valence-electron chi connectivity index (χ2n) is 6.61. The Morgan fingerprint density at radius 1 is 1.07 bits per heavy atom. The van der Waals surface area contributed by atoms with Gasteiger partial charge in [-0.25, -0.2) is 9.97 Å². The van der Waals surface area contributed by atoms with Gasteiger partial charge in [-0.1, -0.05) is 16.6 Å². The predicted octanol–water partition coefficient (Wildman–Crippen LogP) is 2.95. The van der Waals surface area contributed by atoms with Crippen LogP contribution in [0.15, 0.2) is 30.3 Å². The number of benzene rings is 1. The summed E-state index contributed by atoms with van der Waals surface area (Å²) in [5.74, 6) is 0.626. The van der Waals surface area contributed by atoms with Crippen LogP contribution in [0.25, 0.3) is 11.3 Å². The molecule has 0 fully saturated rings. The molecule has 0 saturated carbocycles. The first-order chi connectivity index (χ1) is 12.8. The van der Waals surface area contributed by atoms with E-state index in [9.17, 15) is 4.79 Å². The lowest BCUT2D eigenvalue weighted by Gasteiger charge is -2.16. The molecule has 0 aliphatic carbocycles. The Balaban J connectivity index is 1.79. The van der Waals surface area contributed by atoms with E-state index in [2.05, 4.69) is 19.6 Å². The van der Waals surface area contributed by atoms with E-state index in [1.54, 1.807) is 11.9 Å². The van der Waals surface area contributed by atoms with Crippen molar-refractivity contribution in [1.82, 2.24) is 24.5 Å². The van der Waals surface area contributed by atoms with Crippen LogP contribution in [-0.4, -0.2) is 51.5 Å². The van der Waals surface area contributed by atoms with Crippen LogP contribution in [0.3, 0.4) is 0 Å². The molecule has 0 N–H and O–H groups in total. The first-order valence-corrected chi connectivity index (χ1v) is 9.29. The predicted molar refractivity (Wildman–Crippen MR) is 107 cm³/mol. The number of nitrogens with zero attached hydrogens (tertiary/aromatic N) is 6. The van der Waals surface area contributed by atoms with E-state index < -0.39 is 0 Å². The molecule has 1 amide bonds. The highest BCUT2D eigenvalue weighted by Gasteiger charge is 2.15. The molecule has 8 heteroatoms. The van der Waals surface area contributed by atoms with Gasteiger partial charge in [0.1, 0.15) is 0 Å². The molecular formula is C19H22N6OS. The molecule has 0 unspecified atom stereocenters. The van der Waals surface area contributed by atoms with E-state index in [-0.39, 0.29) is 5.91 Å². The lowest BCUT2D eigenvalue weighted by molar-refractivity contribution is 0.0786. The molecule has 0 aliphatic heterocycles. The number of carbonyl (C=O) groups excluding carboxylic acids is 1. The van der Waals surface area contributed by atoms with E-state index in [4.69, 9.17) is 0 Å². The molecule has 0 aliphatic rings. The lowest BCUT2D eigenvalue weighted by Crippen LogP contribution is -2.26. The number of hydrogen-bond acceptors (Lipinski definition) is 7. The van der Waals surface area contributed by atoms with Gasteiger partial charge in [0.15, 0.2) is 0 Å². The zero-order valence-corrected chi connectivity index (χ0v) is 16.9. The maximum atomic E-state index is 12.7. The lowest BCUT2D eigenvalue weighted by atomic mass is 10.1. The Morgan fingerprint density at radius 2 is 1.78 bits per heavy atom. The topological polar surface area (TPSA) is 75.1 Å². The summed E-state index contributed by atoms with van der Waals surface area (Å²) in [5.41, 5.74) is 4.19. The van der Waals surface area contributed by atoms with Gasteiger partial charge in [0.2, 0.25) is 5.95 Å². The molecule has 3 aromatic rings. The van der Waals surface area contributed by atoms with Crippen LogP contribution in [0.2, 0.25) is 0 Å². The number of aryl methyl sites for hydroxylation is 2. The summed E-state index contributed by atoms with van der Waals surface area (Å²) in [4.78, 5) is 26.2.